The largest absolute Gasteiger partial charge is 0.376 e. The summed E-state index contributed by atoms with van der Waals surface area (Å²) in [4.78, 5) is 0. The van der Waals surface area contributed by atoms with Gasteiger partial charge < -0.3 is 15.8 Å². The van der Waals surface area contributed by atoms with E-state index in [0.717, 1.165) is 38.1 Å². The van der Waals surface area contributed by atoms with Crippen molar-refractivity contribution < 1.29 is 9.13 Å². The SMILES string of the molecule is C[C@@H](N)c1cccc(-c2cccc(CCC3CNCCO3)c2)c1F. The Hall–Kier alpha value is -1.75. The van der Waals surface area contributed by atoms with Gasteiger partial charge in [0.2, 0.25) is 0 Å². The molecule has 3 nitrogen and oxygen atoms in total. The molecule has 0 aliphatic carbocycles. The molecule has 0 saturated carbocycles. The third-order valence-corrected chi connectivity index (χ3v) is 4.52. The summed E-state index contributed by atoms with van der Waals surface area (Å²) in [5.41, 5.74) is 9.13. The molecule has 2 aromatic rings. The van der Waals surface area contributed by atoms with Crippen LogP contribution in [0.2, 0.25) is 0 Å². The minimum Gasteiger partial charge on any atom is -0.376 e. The van der Waals surface area contributed by atoms with Crippen molar-refractivity contribution in [1.29, 1.82) is 0 Å². The number of hydrogen-bond donors (Lipinski definition) is 2. The molecule has 1 aliphatic rings. The molecule has 1 saturated heterocycles. The predicted octanol–water partition coefficient (Wildman–Crippen LogP) is 3.43. The average molecular weight is 328 g/mol. The zero-order valence-corrected chi connectivity index (χ0v) is 14.1. The van der Waals surface area contributed by atoms with Crippen LogP contribution in [0.1, 0.15) is 30.5 Å². The molecule has 0 aromatic heterocycles. The smallest absolute Gasteiger partial charge is 0.135 e. The van der Waals surface area contributed by atoms with E-state index in [-0.39, 0.29) is 18.0 Å². The Labute approximate surface area is 143 Å². The summed E-state index contributed by atoms with van der Waals surface area (Å²) in [6.07, 6.45) is 2.16. The highest BCUT2D eigenvalue weighted by Gasteiger charge is 2.15. The van der Waals surface area contributed by atoms with Gasteiger partial charge >= 0.3 is 0 Å². The van der Waals surface area contributed by atoms with Crippen molar-refractivity contribution in [3.63, 3.8) is 0 Å². The van der Waals surface area contributed by atoms with Gasteiger partial charge in [0.1, 0.15) is 5.82 Å². The molecule has 0 amide bonds. The maximum absolute atomic E-state index is 14.7. The van der Waals surface area contributed by atoms with Crippen LogP contribution in [0.25, 0.3) is 11.1 Å². The Bertz CT molecular complexity index is 681. The number of halogens is 1. The Kier molecular flexibility index (Phi) is 5.61. The Balaban J connectivity index is 1.76. The van der Waals surface area contributed by atoms with Crippen molar-refractivity contribution in [2.45, 2.75) is 31.9 Å². The number of benzene rings is 2. The lowest BCUT2D eigenvalue weighted by Crippen LogP contribution is -2.38. The van der Waals surface area contributed by atoms with Gasteiger partial charge in [-0.1, -0.05) is 42.5 Å². The van der Waals surface area contributed by atoms with Gasteiger partial charge in [0.05, 0.1) is 12.7 Å². The van der Waals surface area contributed by atoms with Crippen molar-refractivity contribution in [2.75, 3.05) is 19.7 Å². The number of nitrogens with two attached hydrogens (primary N) is 1. The second-order valence-corrected chi connectivity index (χ2v) is 6.43. The van der Waals surface area contributed by atoms with Gasteiger partial charge in [0.25, 0.3) is 0 Å². The highest BCUT2D eigenvalue weighted by Crippen LogP contribution is 2.28. The van der Waals surface area contributed by atoms with Gasteiger partial charge in [0.15, 0.2) is 0 Å². The van der Waals surface area contributed by atoms with E-state index in [0.29, 0.717) is 11.1 Å². The van der Waals surface area contributed by atoms with E-state index >= 15 is 0 Å². The lowest BCUT2D eigenvalue weighted by atomic mass is 9.96. The standard InChI is InChI=1S/C20H25FN2O/c1-14(22)18-6-3-7-19(20(18)21)16-5-2-4-15(12-16)8-9-17-13-23-10-11-24-17/h2-7,12,14,17,23H,8-11,13,22H2,1H3/t14-,17?/m1/s1. The highest BCUT2D eigenvalue weighted by atomic mass is 19.1. The van der Waals surface area contributed by atoms with Crippen molar-refractivity contribution in [3.8, 4) is 11.1 Å². The first-order chi connectivity index (χ1) is 11.6. The molecule has 1 aliphatic heterocycles. The van der Waals surface area contributed by atoms with Crippen molar-refractivity contribution in [1.82, 2.24) is 5.32 Å². The zero-order chi connectivity index (χ0) is 16.9. The molecular formula is C20H25FN2O. The number of nitrogens with one attached hydrogen (secondary N) is 1. The van der Waals surface area contributed by atoms with Crippen molar-refractivity contribution in [3.05, 3.63) is 59.4 Å². The van der Waals surface area contributed by atoms with Crippen molar-refractivity contribution in [2.24, 2.45) is 5.73 Å². The first kappa shape index (κ1) is 17.1. The maximum atomic E-state index is 14.7. The fourth-order valence-corrected chi connectivity index (χ4v) is 3.15. The summed E-state index contributed by atoms with van der Waals surface area (Å²) in [6, 6.07) is 13.2. The first-order valence-electron chi connectivity index (χ1n) is 8.61. The highest BCUT2D eigenvalue weighted by molar-refractivity contribution is 5.66. The lowest BCUT2D eigenvalue weighted by Gasteiger charge is -2.23. The quantitative estimate of drug-likeness (QED) is 0.884. The van der Waals surface area contributed by atoms with Gasteiger partial charge in [-0.25, -0.2) is 4.39 Å². The second kappa shape index (κ2) is 7.88. The van der Waals surface area contributed by atoms with Crippen LogP contribution in [0.4, 0.5) is 4.39 Å². The van der Waals surface area contributed by atoms with Crippen LogP contribution >= 0.6 is 0 Å². The monoisotopic (exact) mass is 328 g/mol. The summed E-state index contributed by atoms with van der Waals surface area (Å²) in [5, 5.41) is 3.35. The molecule has 3 rings (SSSR count). The van der Waals surface area contributed by atoms with Crippen LogP contribution in [0.3, 0.4) is 0 Å². The van der Waals surface area contributed by atoms with Crippen LogP contribution in [-0.2, 0) is 11.2 Å². The van der Waals surface area contributed by atoms with E-state index in [4.69, 9.17) is 10.5 Å². The molecular weight excluding hydrogens is 303 g/mol. The fourth-order valence-electron chi connectivity index (χ4n) is 3.15. The molecule has 0 spiro atoms. The summed E-state index contributed by atoms with van der Waals surface area (Å²) < 4.78 is 20.4. The van der Waals surface area contributed by atoms with Gasteiger partial charge in [-0.05, 0) is 30.9 Å². The molecule has 2 atom stereocenters. The third-order valence-electron chi connectivity index (χ3n) is 4.52. The predicted molar refractivity (Wildman–Crippen MR) is 95.4 cm³/mol. The minimum absolute atomic E-state index is 0.218. The van der Waals surface area contributed by atoms with Gasteiger partial charge in [0, 0.05) is 30.3 Å². The normalized spacial score (nSPS) is 19.2. The van der Waals surface area contributed by atoms with Crippen LogP contribution in [-0.4, -0.2) is 25.8 Å². The van der Waals surface area contributed by atoms with E-state index < -0.39 is 0 Å². The van der Waals surface area contributed by atoms with Crippen LogP contribution < -0.4 is 11.1 Å². The Morgan fingerprint density at radius 2 is 2.12 bits per heavy atom. The van der Waals surface area contributed by atoms with Gasteiger partial charge in [-0.3, -0.25) is 0 Å². The summed E-state index contributed by atoms with van der Waals surface area (Å²) >= 11 is 0. The molecule has 24 heavy (non-hydrogen) atoms. The molecule has 1 fully saturated rings. The van der Waals surface area contributed by atoms with Crippen LogP contribution in [0.5, 0.6) is 0 Å². The summed E-state index contributed by atoms with van der Waals surface area (Å²) in [7, 11) is 0. The Morgan fingerprint density at radius 3 is 2.88 bits per heavy atom. The summed E-state index contributed by atoms with van der Waals surface area (Å²) in [5.74, 6) is -0.218. The average Bonchev–Trinajstić information content (AvgIpc) is 2.61. The molecule has 3 N–H and O–H groups in total. The Morgan fingerprint density at radius 1 is 1.29 bits per heavy atom. The molecule has 128 valence electrons. The summed E-state index contributed by atoms with van der Waals surface area (Å²) in [6.45, 7) is 4.42. The molecule has 4 heteroatoms. The van der Waals surface area contributed by atoms with Gasteiger partial charge in [-0.15, -0.1) is 0 Å². The number of aryl methyl sites for hydroxylation is 1. The van der Waals surface area contributed by atoms with E-state index in [1.165, 1.54) is 5.56 Å². The molecule has 0 radical (unpaired) electrons. The maximum Gasteiger partial charge on any atom is 0.135 e. The topological polar surface area (TPSA) is 47.3 Å². The fraction of sp³-hybridized carbons (Fsp3) is 0.400. The van der Waals surface area contributed by atoms with Crippen LogP contribution in [0, 0.1) is 5.82 Å². The first-order valence-corrected chi connectivity index (χ1v) is 8.61. The number of hydrogen-bond acceptors (Lipinski definition) is 3. The van der Waals surface area contributed by atoms with E-state index in [2.05, 4.69) is 17.4 Å². The van der Waals surface area contributed by atoms with E-state index in [1.807, 2.05) is 24.3 Å². The van der Waals surface area contributed by atoms with Crippen LogP contribution in [0.15, 0.2) is 42.5 Å². The molecule has 2 aromatic carbocycles. The molecule has 1 heterocycles. The number of morpholine rings is 1. The molecule has 0 bridgehead atoms. The van der Waals surface area contributed by atoms with E-state index in [1.54, 1.807) is 13.0 Å². The number of rotatable bonds is 5. The van der Waals surface area contributed by atoms with Crippen molar-refractivity contribution >= 4 is 0 Å². The second-order valence-electron chi connectivity index (χ2n) is 6.43. The molecule has 1 unspecified atom stereocenters. The van der Waals surface area contributed by atoms with Gasteiger partial charge in [-0.2, -0.15) is 0 Å². The third kappa shape index (κ3) is 4.01. The minimum atomic E-state index is -0.316. The van der Waals surface area contributed by atoms with E-state index in [9.17, 15) is 4.39 Å². The lowest BCUT2D eigenvalue weighted by molar-refractivity contribution is 0.0238. The zero-order valence-electron chi connectivity index (χ0n) is 14.1. The number of ether oxygens (including phenoxy) is 1.